The van der Waals surface area contributed by atoms with E-state index in [1.54, 1.807) is 47.2 Å². The van der Waals surface area contributed by atoms with Gasteiger partial charge in [-0.1, -0.05) is 46.9 Å². The first-order chi connectivity index (χ1) is 12.3. The van der Waals surface area contributed by atoms with E-state index in [1.165, 1.54) is 0 Å². The molecule has 0 fully saturated rings. The molecule has 1 heterocycles. The monoisotopic (exact) mass is 409 g/mol. The van der Waals surface area contributed by atoms with Crippen molar-refractivity contribution < 1.29 is 9.90 Å². The van der Waals surface area contributed by atoms with E-state index < -0.39 is 12.1 Å². The second-order valence-electron chi connectivity index (χ2n) is 5.92. The summed E-state index contributed by atoms with van der Waals surface area (Å²) in [4.78, 5) is 15.3. The number of halogens is 3. The van der Waals surface area contributed by atoms with Crippen LogP contribution in [0.2, 0.25) is 15.1 Å². The maximum absolute atomic E-state index is 11.8. The fourth-order valence-electron chi connectivity index (χ4n) is 3.29. The van der Waals surface area contributed by atoms with E-state index in [-0.39, 0.29) is 0 Å². The van der Waals surface area contributed by atoms with Crippen molar-refractivity contribution in [1.82, 2.24) is 9.80 Å². The molecular weight excluding hydrogens is 395 g/mol. The number of hydrogen-bond acceptors (Lipinski definition) is 4. The molecule has 2 aromatic carbocycles. The zero-order valence-corrected chi connectivity index (χ0v) is 16.4. The second kappa shape index (κ2) is 7.39. The highest BCUT2D eigenvalue weighted by Crippen LogP contribution is 2.42. The SMILES string of the molecule is CCN1C(c2ccc(Cl)cc2Cl)=C(c2ccc(Cl)cc2)N(C)C1C(=O)[O-]. The van der Waals surface area contributed by atoms with Crippen LogP contribution < -0.4 is 5.11 Å². The van der Waals surface area contributed by atoms with Crippen molar-refractivity contribution in [2.45, 2.75) is 13.1 Å². The number of carboxylic acid groups (broad SMARTS) is 1. The first-order valence-corrected chi connectivity index (χ1v) is 9.14. The molecule has 1 unspecified atom stereocenters. The molecular formula is C19H16Cl3N2O2-. The van der Waals surface area contributed by atoms with Crippen LogP contribution in [0.3, 0.4) is 0 Å². The summed E-state index contributed by atoms with van der Waals surface area (Å²) in [6.45, 7) is 2.35. The van der Waals surface area contributed by atoms with Crippen LogP contribution in [-0.4, -0.2) is 35.5 Å². The Labute approximate surface area is 167 Å². The minimum absolute atomic E-state index is 0.449. The zero-order valence-electron chi connectivity index (χ0n) is 14.2. The highest BCUT2D eigenvalue weighted by atomic mass is 35.5. The van der Waals surface area contributed by atoms with E-state index in [2.05, 4.69) is 0 Å². The van der Waals surface area contributed by atoms with Crippen LogP contribution in [0, 0.1) is 0 Å². The summed E-state index contributed by atoms with van der Waals surface area (Å²) < 4.78 is 0. The summed E-state index contributed by atoms with van der Waals surface area (Å²) >= 11 is 18.5. The van der Waals surface area contributed by atoms with Gasteiger partial charge in [0.25, 0.3) is 0 Å². The van der Waals surface area contributed by atoms with Gasteiger partial charge in [-0.3, -0.25) is 0 Å². The largest absolute Gasteiger partial charge is 0.546 e. The third kappa shape index (κ3) is 3.25. The standard InChI is InChI=1S/C19H17Cl3N2O2/c1-3-24-17(14-9-8-13(21)10-15(14)22)16(23(2)18(24)19(25)26)11-4-6-12(20)7-5-11/h4-10,18H,3H2,1-2H3,(H,25,26)/p-1. The summed E-state index contributed by atoms with van der Waals surface area (Å²) in [5.74, 6) is -1.18. The molecule has 1 aliphatic rings. The fraction of sp³-hybridized carbons (Fsp3) is 0.211. The molecule has 0 aliphatic carbocycles. The Morgan fingerprint density at radius 1 is 1.04 bits per heavy atom. The van der Waals surface area contributed by atoms with Crippen molar-refractivity contribution in [1.29, 1.82) is 0 Å². The molecule has 0 N–H and O–H groups in total. The predicted molar refractivity (Wildman–Crippen MR) is 104 cm³/mol. The average Bonchev–Trinajstić information content (AvgIpc) is 2.88. The Balaban J connectivity index is 2.28. The van der Waals surface area contributed by atoms with E-state index in [4.69, 9.17) is 34.8 Å². The Hall–Kier alpha value is -1.88. The van der Waals surface area contributed by atoms with Gasteiger partial charge in [0.05, 0.1) is 22.4 Å². The number of aliphatic carboxylic acids is 1. The summed E-state index contributed by atoms with van der Waals surface area (Å²) in [6, 6.07) is 12.4. The minimum atomic E-state index is -1.18. The van der Waals surface area contributed by atoms with Crippen LogP contribution in [0.5, 0.6) is 0 Å². The van der Waals surface area contributed by atoms with Crippen LogP contribution in [0.1, 0.15) is 18.1 Å². The van der Waals surface area contributed by atoms with E-state index >= 15 is 0 Å². The van der Waals surface area contributed by atoms with Crippen molar-refractivity contribution in [3.05, 3.63) is 68.7 Å². The number of rotatable bonds is 4. The Bertz CT molecular complexity index is 881. The molecule has 0 saturated carbocycles. The topological polar surface area (TPSA) is 46.6 Å². The highest BCUT2D eigenvalue weighted by molar-refractivity contribution is 6.36. The minimum Gasteiger partial charge on any atom is -0.546 e. The number of benzene rings is 2. The summed E-state index contributed by atoms with van der Waals surface area (Å²) in [6.07, 6.45) is -0.938. The number of likely N-dealkylation sites (N-methyl/N-ethyl adjacent to an activating group) is 2. The quantitative estimate of drug-likeness (QED) is 0.769. The molecule has 26 heavy (non-hydrogen) atoms. The smallest absolute Gasteiger partial charge is 0.143 e. The van der Waals surface area contributed by atoms with Gasteiger partial charge in [0.1, 0.15) is 6.17 Å². The molecule has 1 aliphatic heterocycles. The maximum Gasteiger partial charge on any atom is 0.143 e. The Kier molecular flexibility index (Phi) is 5.37. The summed E-state index contributed by atoms with van der Waals surface area (Å²) in [5, 5.41) is 13.4. The first kappa shape index (κ1) is 18.9. The van der Waals surface area contributed by atoms with Crippen molar-refractivity contribution in [3.8, 4) is 0 Å². The van der Waals surface area contributed by atoms with E-state index in [0.717, 1.165) is 11.3 Å². The first-order valence-electron chi connectivity index (χ1n) is 8.01. The number of carbonyl (C=O) groups is 1. The van der Waals surface area contributed by atoms with Gasteiger partial charge < -0.3 is 19.7 Å². The average molecular weight is 411 g/mol. The molecule has 3 rings (SSSR count). The molecule has 0 bridgehead atoms. The lowest BCUT2D eigenvalue weighted by Crippen LogP contribution is -2.51. The third-order valence-corrected chi connectivity index (χ3v) is 5.18. The number of nitrogens with zero attached hydrogens (tertiary/aromatic N) is 2. The van der Waals surface area contributed by atoms with Crippen molar-refractivity contribution in [2.24, 2.45) is 0 Å². The lowest BCUT2D eigenvalue weighted by Gasteiger charge is -2.32. The zero-order chi connectivity index (χ0) is 19.0. The van der Waals surface area contributed by atoms with Gasteiger partial charge >= 0.3 is 0 Å². The van der Waals surface area contributed by atoms with E-state index in [9.17, 15) is 9.90 Å². The van der Waals surface area contributed by atoms with E-state index in [1.807, 2.05) is 19.1 Å². The number of carboxylic acids is 1. The molecule has 136 valence electrons. The molecule has 2 aromatic rings. The number of carbonyl (C=O) groups excluding carboxylic acids is 1. The van der Waals surface area contributed by atoms with Gasteiger partial charge in [-0.05, 0) is 37.3 Å². The summed E-state index contributed by atoms with van der Waals surface area (Å²) in [5.41, 5.74) is 2.99. The Morgan fingerprint density at radius 2 is 1.65 bits per heavy atom. The normalized spacial score (nSPS) is 17.2. The summed E-state index contributed by atoms with van der Waals surface area (Å²) in [7, 11) is 1.73. The lowest BCUT2D eigenvalue weighted by atomic mass is 10.0. The van der Waals surface area contributed by atoms with Crippen LogP contribution in [0.15, 0.2) is 42.5 Å². The molecule has 0 aromatic heterocycles. The van der Waals surface area contributed by atoms with Crippen molar-refractivity contribution in [2.75, 3.05) is 13.6 Å². The second-order valence-corrected chi connectivity index (χ2v) is 7.20. The van der Waals surface area contributed by atoms with Gasteiger partial charge in [-0.15, -0.1) is 0 Å². The molecule has 1 atom stereocenters. The maximum atomic E-state index is 11.8. The van der Waals surface area contributed by atoms with Crippen molar-refractivity contribution in [3.63, 3.8) is 0 Å². The molecule has 0 amide bonds. The van der Waals surface area contributed by atoms with Crippen LogP contribution in [-0.2, 0) is 4.79 Å². The molecule has 7 heteroatoms. The molecule has 4 nitrogen and oxygen atoms in total. The van der Waals surface area contributed by atoms with Gasteiger partial charge in [-0.2, -0.15) is 0 Å². The van der Waals surface area contributed by atoms with Gasteiger partial charge in [0.2, 0.25) is 0 Å². The van der Waals surface area contributed by atoms with Crippen LogP contribution in [0.4, 0.5) is 0 Å². The predicted octanol–water partition coefficient (Wildman–Crippen LogP) is 3.82. The third-order valence-electron chi connectivity index (χ3n) is 4.38. The van der Waals surface area contributed by atoms with Gasteiger partial charge in [0, 0.05) is 34.8 Å². The van der Waals surface area contributed by atoms with Gasteiger partial charge in [-0.25, -0.2) is 0 Å². The molecule has 0 radical (unpaired) electrons. The molecule has 0 spiro atoms. The van der Waals surface area contributed by atoms with Crippen LogP contribution in [0.25, 0.3) is 11.4 Å². The van der Waals surface area contributed by atoms with E-state index in [0.29, 0.717) is 32.9 Å². The number of hydrogen-bond donors (Lipinski definition) is 0. The fourth-order valence-corrected chi connectivity index (χ4v) is 3.91. The molecule has 0 saturated heterocycles. The highest BCUT2D eigenvalue weighted by Gasteiger charge is 2.38. The van der Waals surface area contributed by atoms with Crippen molar-refractivity contribution >= 4 is 52.2 Å². The Morgan fingerprint density at radius 3 is 2.19 bits per heavy atom. The lowest BCUT2D eigenvalue weighted by molar-refractivity contribution is -0.314. The van der Waals surface area contributed by atoms with Crippen LogP contribution >= 0.6 is 34.8 Å². The van der Waals surface area contributed by atoms with Gasteiger partial charge in [0.15, 0.2) is 0 Å².